The first kappa shape index (κ1) is 26.6. The van der Waals surface area contributed by atoms with E-state index in [1.54, 1.807) is 4.90 Å². The fourth-order valence-corrected chi connectivity index (χ4v) is 0.760. The molecule has 0 heterocycles. The van der Waals surface area contributed by atoms with Gasteiger partial charge >= 0.3 is 0 Å². The first-order chi connectivity index (χ1) is 7.85. The maximum absolute atomic E-state index is 8.48. The van der Waals surface area contributed by atoms with E-state index in [1.807, 2.05) is 0 Å². The highest BCUT2D eigenvalue weighted by Gasteiger charge is 2.00. The Balaban J connectivity index is -0.000000105. The number of aliphatic hydroxyl groups excluding tert-OH is 4. The van der Waals surface area contributed by atoms with Crippen LogP contribution in [0, 0.1) is 0 Å². The van der Waals surface area contributed by atoms with Crippen LogP contribution in [0.15, 0.2) is 0 Å². The largest absolute Gasteiger partial charge is 1.00 e. The molecule has 0 fully saturated rings. The second-order valence-electron chi connectivity index (χ2n) is 4.70. The molecule has 4 N–H and O–H groups in total. The SMILES string of the molecule is CO.C[N+](C)(C)C.OCCN(CCO)CCO.[Cl-]. The predicted octanol–water partition coefficient (Wildman–Crippen LogP) is -4.80. The standard InChI is InChI=1S/C6H15NO3.C4H12N.CH4O.ClH/c8-4-1-7(2-5-9)3-6-10;1-5(2,3)4;1-2;/h8-10H,1-6H2;1-4H3;2H,1H3;1H/q;+1;;/p-1. The summed E-state index contributed by atoms with van der Waals surface area (Å²) in [6.07, 6.45) is 0. The Bertz CT molecular complexity index is 114. The minimum atomic E-state index is 0. The third kappa shape index (κ3) is 44.4. The molecule has 116 valence electrons. The molecule has 0 unspecified atom stereocenters. The van der Waals surface area contributed by atoms with Gasteiger partial charge in [-0.1, -0.05) is 0 Å². The number of rotatable bonds is 6. The van der Waals surface area contributed by atoms with Crippen molar-refractivity contribution < 1.29 is 37.3 Å². The van der Waals surface area contributed by atoms with Crippen molar-refractivity contribution in [1.29, 1.82) is 0 Å². The number of hydrogen-bond acceptors (Lipinski definition) is 5. The van der Waals surface area contributed by atoms with Gasteiger partial charge in [-0.25, -0.2) is 0 Å². The van der Waals surface area contributed by atoms with Gasteiger partial charge in [0.25, 0.3) is 0 Å². The zero-order chi connectivity index (χ0) is 14.3. The summed E-state index contributed by atoms with van der Waals surface area (Å²) in [6, 6.07) is 0. The number of nitrogens with zero attached hydrogens (tertiary/aromatic N) is 2. The second kappa shape index (κ2) is 19.4. The Morgan fingerprint density at radius 3 is 1.00 bits per heavy atom. The molecule has 18 heavy (non-hydrogen) atoms. The molecule has 0 aromatic heterocycles. The van der Waals surface area contributed by atoms with Gasteiger partial charge in [0.1, 0.15) is 0 Å². The molecular weight excluding hydrogens is 260 g/mol. The van der Waals surface area contributed by atoms with Gasteiger partial charge in [-0.2, -0.15) is 0 Å². The summed E-state index contributed by atoms with van der Waals surface area (Å²) < 4.78 is 1.00. The van der Waals surface area contributed by atoms with Gasteiger partial charge in [-0.05, 0) is 0 Å². The average molecular weight is 291 g/mol. The maximum atomic E-state index is 8.48. The van der Waals surface area contributed by atoms with E-state index in [-0.39, 0.29) is 32.2 Å². The molecule has 0 aromatic rings. The summed E-state index contributed by atoms with van der Waals surface area (Å²) >= 11 is 0. The minimum Gasteiger partial charge on any atom is -1.00 e. The van der Waals surface area contributed by atoms with Gasteiger partial charge in [-0.15, -0.1) is 0 Å². The van der Waals surface area contributed by atoms with Crippen molar-refractivity contribution in [2.24, 2.45) is 0 Å². The molecule has 0 radical (unpaired) electrons. The van der Waals surface area contributed by atoms with E-state index >= 15 is 0 Å². The van der Waals surface area contributed by atoms with Crippen LogP contribution in [0.3, 0.4) is 0 Å². The second-order valence-corrected chi connectivity index (χ2v) is 4.70. The first-order valence-corrected chi connectivity index (χ1v) is 5.63. The molecule has 0 saturated carbocycles. The normalized spacial score (nSPS) is 9.67. The lowest BCUT2D eigenvalue weighted by Gasteiger charge is -2.17. The summed E-state index contributed by atoms with van der Waals surface area (Å²) in [5, 5.41) is 32.5. The van der Waals surface area contributed by atoms with E-state index in [0.29, 0.717) is 19.6 Å². The smallest absolute Gasteiger partial charge is 0.0675 e. The lowest BCUT2D eigenvalue weighted by molar-refractivity contribution is -0.849. The summed E-state index contributed by atoms with van der Waals surface area (Å²) in [6.45, 7) is 1.75. The highest BCUT2D eigenvalue weighted by atomic mass is 35.5. The lowest BCUT2D eigenvalue weighted by atomic mass is 10.4. The zero-order valence-corrected chi connectivity index (χ0v) is 13.1. The van der Waals surface area contributed by atoms with Crippen LogP contribution in [0.4, 0.5) is 0 Å². The molecule has 0 saturated heterocycles. The fourth-order valence-electron chi connectivity index (χ4n) is 0.760. The Kier molecular flexibility index (Phi) is 28.6. The summed E-state index contributed by atoms with van der Waals surface area (Å²) in [5.41, 5.74) is 0. The van der Waals surface area contributed by atoms with E-state index in [2.05, 4.69) is 28.2 Å². The Hall–Kier alpha value is 0.0500. The van der Waals surface area contributed by atoms with Crippen molar-refractivity contribution in [2.45, 2.75) is 0 Å². The number of aliphatic hydroxyl groups is 4. The summed E-state index contributed by atoms with van der Waals surface area (Å²) in [4.78, 5) is 1.79. The first-order valence-electron chi connectivity index (χ1n) is 5.63. The summed E-state index contributed by atoms with van der Waals surface area (Å²) in [5.74, 6) is 0. The van der Waals surface area contributed by atoms with Crippen molar-refractivity contribution in [3.8, 4) is 0 Å². The quantitative estimate of drug-likeness (QED) is 0.369. The number of halogens is 1. The Labute approximate surface area is 117 Å². The van der Waals surface area contributed by atoms with Crippen LogP contribution in [-0.2, 0) is 0 Å². The van der Waals surface area contributed by atoms with Gasteiger partial charge in [-0.3, -0.25) is 4.90 Å². The molecule has 6 nitrogen and oxygen atoms in total. The van der Waals surface area contributed by atoms with Crippen molar-refractivity contribution in [1.82, 2.24) is 4.90 Å². The van der Waals surface area contributed by atoms with E-state index in [1.165, 1.54) is 0 Å². The average Bonchev–Trinajstić information content (AvgIpc) is 2.19. The van der Waals surface area contributed by atoms with E-state index in [0.717, 1.165) is 11.6 Å². The van der Waals surface area contributed by atoms with Gasteiger partial charge < -0.3 is 37.3 Å². The number of hydrogen-bond donors (Lipinski definition) is 4. The maximum Gasteiger partial charge on any atom is 0.0675 e. The van der Waals surface area contributed by atoms with Crippen LogP contribution in [0.5, 0.6) is 0 Å². The minimum absolute atomic E-state index is 0. The van der Waals surface area contributed by atoms with Gasteiger partial charge in [0.15, 0.2) is 0 Å². The van der Waals surface area contributed by atoms with Crippen LogP contribution in [0.25, 0.3) is 0 Å². The van der Waals surface area contributed by atoms with E-state index < -0.39 is 0 Å². The molecule has 0 aliphatic carbocycles. The molecule has 0 rings (SSSR count). The van der Waals surface area contributed by atoms with E-state index in [9.17, 15) is 0 Å². The van der Waals surface area contributed by atoms with Crippen molar-refractivity contribution in [3.05, 3.63) is 0 Å². The Morgan fingerprint density at radius 1 is 0.722 bits per heavy atom. The molecule has 7 heteroatoms. The van der Waals surface area contributed by atoms with Crippen LogP contribution >= 0.6 is 0 Å². The van der Waals surface area contributed by atoms with Crippen molar-refractivity contribution in [2.75, 3.05) is 74.8 Å². The van der Waals surface area contributed by atoms with E-state index in [4.69, 9.17) is 20.4 Å². The molecule has 0 aromatic carbocycles. The molecule has 0 amide bonds. The molecule has 0 aliphatic heterocycles. The van der Waals surface area contributed by atoms with Gasteiger partial charge in [0, 0.05) is 26.7 Å². The molecular formula is C11H31ClN2O4. The van der Waals surface area contributed by atoms with Crippen LogP contribution in [0.1, 0.15) is 0 Å². The van der Waals surface area contributed by atoms with Crippen LogP contribution in [0.2, 0.25) is 0 Å². The third-order valence-electron chi connectivity index (χ3n) is 1.25. The molecule has 0 aliphatic rings. The van der Waals surface area contributed by atoms with Crippen LogP contribution in [-0.4, -0.2) is 105 Å². The molecule has 0 atom stereocenters. The van der Waals surface area contributed by atoms with Crippen molar-refractivity contribution in [3.63, 3.8) is 0 Å². The fraction of sp³-hybridized carbons (Fsp3) is 1.00. The highest BCUT2D eigenvalue weighted by Crippen LogP contribution is 1.84. The zero-order valence-electron chi connectivity index (χ0n) is 12.3. The third-order valence-corrected chi connectivity index (χ3v) is 1.25. The molecule has 0 spiro atoms. The number of quaternary nitrogens is 1. The van der Waals surface area contributed by atoms with Gasteiger partial charge in [0.2, 0.25) is 0 Å². The predicted molar refractivity (Wildman–Crippen MR) is 69.8 cm³/mol. The lowest BCUT2D eigenvalue weighted by Crippen LogP contribution is -3.00. The Morgan fingerprint density at radius 2 is 0.889 bits per heavy atom. The van der Waals surface area contributed by atoms with Crippen LogP contribution < -0.4 is 12.4 Å². The van der Waals surface area contributed by atoms with Crippen molar-refractivity contribution >= 4 is 0 Å². The highest BCUT2D eigenvalue weighted by molar-refractivity contribution is 4.54. The monoisotopic (exact) mass is 290 g/mol. The van der Waals surface area contributed by atoms with Gasteiger partial charge in [0.05, 0.1) is 48.0 Å². The summed E-state index contributed by atoms with van der Waals surface area (Å²) in [7, 11) is 9.50. The molecule has 0 bridgehead atoms. The topological polar surface area (TPSA) is 84.2 Å².